The summed E-state index contributed by atoms with van der Waals surface area (Å²) in [4.78, 5) is 82.2. The average molecular weight is 489 g/mol. The number of aliphatic carboxylic acids is 1. The minimum absolute atomic E-state index is 0.0755. The maximum Gasteiger partial charge on any atom is 0.305 e. The Bertz CT molecular complexity index is 805. The Morgan fingerprint density at radius 2 is 1.41 bits per heavy atom. The first kappa shape index (κ1) is 28.4. The minimum atomic E-state index is -1.71. The number of aliphatic hydroxyl groups excluding tert-OH is 3. The highest BCUT2D eigenvalue weighted by molar-refractivity contribution is 5.97. The second kappa shape index (κ2) is 13.8. The summed E-state index contributed by atoms with van der Waals surface area (Å²) in [5, 5.41) is 47.4. The topological polar surface area (TPSA) is 261 Å². The lowest BCUT2D eigenvalue weighted by molar-refractivity contribution is -0.141. The molecule has 0 unspecified atom stereocenters. The molecule has 0 aromatic heterocycles. The summed E-state index contributed by atoms with van der Waals surface area (Å²) in [6.45, 7) is -2.68. The van der Waals surface area contributed by atoms with E-state index in [-0.39, 0.29) is 19.1 Å². The van der Waals surface area contributed by atoms with Crippen LogP contribution in [0, 0.1) is 0 Å². The van der Waals surface area contributed by atoms with Gasteiger partial charge in [0, 0.05) is 6.42 Å². The number of carbonyl (C=O) groups is 7. The molecule has 0 spiro atoms. The van der Waals surface area contributed by atoms with E-state index in [0.717, 1.165) is 0 Å². The van der Waals surface area contributed by atoms with E-state index in [1.807, 2.05) is 16.0 Å². The smallest absolute Gasteiger partial charge is 0.305 e. The lowest BCUT2D eigenvalue weighted by atomic mass is 10.1. The zero-order chi connectivity index (χ0) is 25.8. The van der Waals surface area contributed by atoms with E-state index in [2.05, 4.69) is 10.6 Å². The number of aliphatic hydroxyl groups is 3. The number of carboxylic acid groups (broad SMARTS) is 1. The highest BCUT2D eigenvalue weighted by atomic mass is 16.4. The van der Waals surface area contributed by atoms with Crippen LogP contribution in [-0.4, -0.2) is 112 Å². The van der Waals surface area contributed by atoms with E-state index >= 15 is 0 Å². The molecule has 1 fully saturated rings. The van der Waals surface area contributed by atoms with Crippen LogP contribution in [0.4, 0.5) is 0 Å². The van der Waals surface area contributed by atoms with Crippen molar-refractivity contribution in [2.24, 2.45) is 0 Å². The van der Waals surface area contributed by atoms with Gasteiger partial charge >= 0.3 is 5.97 Å². The molecule has 0 radical (unpaired) electrons. The fourth-order valence-electron chi connectivity index (χ4n) is 2.81. The van der Waals surface area contributed by atoms with Gasteiger partial charge in [-0.15, -0.1) is 0 Å². The van der Waals surface area contributed by atoms with Gasteiger partial charge in [-0.3, -0.25) is 28.8 Å². The maximum absolute atomic E-state index is 12.5. The number of hydrogen-bond acceptors (Lipinski definition) is 10. The largest absolute Gasteiger partial charge is 0.481 e. The first-order chi connectivity index (χ1) is 16.1. The van der Waals surface area contributed by atoms with Gasteiger partial charge in [-0.25, -0.2) is 0 Å². The van der Waals surface area contributed by atoms with Crippen LogP contribution in [0.2, 0.25) is 0 Å². The van der Waals surface area contributed by atoms with Crippen LogP contribution in [-0.2, 0) is 33.6 Å². The molecule has 0 aromatic rings. The summed E-state index contributed by atoms with van der Waals surface area (Å²) in [5.41, 5.74) is 0. The first-order valence-corrected chi connectivity index (χ1v) is 10.1. The summed E-state index contributed by atoms with van der Waals surface area (Å²) in [5.74, 6) is -6.02. The Kier molecular flexibility index (Phi) is 11.5. The third-order valence-corrected chi connectivity index (χ3v) is 4.64. The molecule has 1 heterocycles. The molecule has 0 aliphatic carbocycles. The number of nitrogens with one attached hydrogen (secondary N) is 5. The number of carboxylic acids is 1. The predicted molar refractivity (Wildman–Crippen MR) is 108 cm³/mol. The van der Waals surface area contributed by atoms with Gasteiger partial charge in [0.15, 0.2) is 0 Å². The molecule has 1 rings (SSSR count). The Morgan fingerprint density at radius 3 is 1.82 bits per heavy atom. The third-order valence-electron chi connectivity index (χ3n) is 4.64. The van der Waals surface area contributed by atoms with Gasteiger partial charge in [0.05, 0.1) is 26.2 Å². The highest BCUT2D eigenvalue weighted by Gasteiger charge is 2.33. The van der Waals surface area contributed by atoms with Crippen molar-refractivity contribution in [1.82, 2.24) is 26.6 Å². The van der Waals surface area contributed by atoms with Gasteiger partial charge in [0.2, 0.25) is 29.5 Å². The van der Waals surface area contributed by atoms with E-state index in [1.54, 1.807) is 0 Å². The summed E-state index contributed by atoms with van der Waals surface area (Å²) < 4.78 is 0. The summed E-state index contributed by atoms with van der Waals surface area (Å²) >= 11 is 0. The molecular formula is C18H27N5O11. The zero-order valence-electron chi connectivity index (χ0n) is 17.9. The van der Waals surface area contributed by atoms with Crippen molar-refractivity contribution in [2.45, 2.75) is 49.5 Å². The van der Waals surface area contributed by atoms with Crippen molar-refractivity contribution >= 4 is 41.8 Å². The number of hydrogen-bond donors (Lipinski definition) is 9. The lowest BCUT2D eigenvalue weighted by Crippen LogP contribution is -2.60. The second-order valence-corrected chi connectivity index (χ2v) is 7.24. The quantitative estimate of drug-likeness (QED) is 0.104. The van der Waals surface area contributed by atoms with Crippen molar-refractivity contribution < 1.29 is 54.0 Å². The van der Waals surface area contributed by atoms with Crippen molar-refractivity contribution in [3.05, 3.63) is 0 Å². The second-order valence-electron chi connectivity index (χ2n) is 7.24. The van der Waals surface area contributed by atoms with E-state index in [4.69, 9.17) is 10.2 Å². The van der Waals surface area contributed by atoms with Crippen LogP contribution in [0.25, 0.3) is 0 Å². The molecule has 9 N–H and O–H groups in total. The van der Waals surface area contributed by atoms with Gasteiger partial charge in [0.1, 0.15) is 36.5 Å². The van der Waals surface area contributed by atoms with Crippen molar-refractivity contribution in [2.75, 3.05) is 19.8 Å². The van der Waals surface area contributed by atoms with Crippen LogP contribution in [0.1, 0.15) is 19.3 Å². The molecule has 190 valence electrons. The van der Waals surface area contributed by atoms with Crippen molar-refractivity contribution in [3.63, 3.8) is 0 Å². The standard InChI is InChI=1S/C18H27N5O11/c24-4-8(5-25)19-17(33)11(6-26)23-18(34)12(7-27)22-16(32)10(3-14(29)30)21-15(31)9-1-2-13(28)20-9/h4,8-12,25-27H,1-3,5-7H2,(H,19,33)(H,20,28)(H,21,31)(H,22,32)(H,23,34)(H,29,30)/t8-,9+,10+,11+,12+/m1/s1. The molecule has 1 saturated heterocycles. The van der Waals surface area contributed by atoms with E-state index in [0.29, 0.717) is 0 Å². The minimum Gasteiger partial charge on any atom is -0.481 e. The Balaban J connectivity index is 2.81. The highest BCUT2D eigenvalue weighted by Crippen LogP contribution is 2.07. The van der Waals surface area contributed by atoms with Crippen LogP contribution in [0.15, 0.2) is 0 Å². The molecule has 5 amide bonds. The molecule has 5 atom stereocenters. The van der Waals surface area contributed by atoms with Gasteiger partial charge in [0.25, 0.3) is 0 Å². The fraction of sp³-hybridized carbons (Fsp3) is 0.611. The van der Waals surface area contributed by atoms with Crippen LogP contribution < -0.4 is 26.6 Å². The van der Waals surface area contributed by atoms with Gasteiger partial charge < -0.3 is 51.8 Å². The molecule has 0 aromatic carbocycles. The molecule has 16 heteroatoms. The number of rotatable bonds is 14. The predicted octanol–water partition coefficient (Wildman–Crippen LogP) is -6.15. The molecule has 16 nitrogen and oxygen atoms in total. The first-order valence-electron chi connectivity index (χ1n) is 10.1. The summed E-state index contributed by atoms with van der Waals surface area (Å²) in [7, 11) is 0. The average Bonchev–Trinajstić information content (AvgIpc) is 3.24. The van der Waals surface area contributed by atoms with Crippen LogP contribution >= 0.6 is 0 Å². The van der Waals surface area contributed by atoms with Crippen LogP contribution in [0.5, 0.6) is 0 Å². The van der Waals surface area contributed by atoms with E-state index in [9.17, 15) is 43.8 Å². The van der Waals surface area contributed by atoms with E-state index < -0.39 is 92.0 Å². The summed E-state index contributed by atoms with van der Waals surface area (Å²) in [6, 6.07) is -7.26. The molecule has 34 heavy (non-hydrogen) atoms. The number of aldehydes is 1. The molecule has 1 aliphatic heterocycles. The SMILES string of the molecule is O=C[C@H](CO)NC(=O)[C@H](CO)NC(=O)[C@H](CO)NC(=O)[C@H](CC(=O)O)NC(=O)[C@@H]1CCC(=O)N1. The molecular weight excluding hydrogens is 462 g/mol. The van der Waals surface area contributed by atoms with E-state index in [1.165, 1.54) is 0 Å². The Hall–Kier alpha value is -3.63. The Morgan fingerprint density at radius 1 is 0.882 bits per heavy atom. The fourth-order valence-corrected chi connectivity index (χ4v) is 2.81. The van der Waals surface area contributed by atoms with Gasteiger partial charge in [-0.1, -0.05) is 0 Å². The van der Waals surface area contributed by atoms with Crippen molar-refractivity contribution in [3.8, 4) is 0 Å². The number of amides is 5. The lowest BCUT2D eigenvalue weighted by Gasteiger charge is -2.24. The number of carbonyl (C=O) groups excluding carboxylic acids is 6. The molecule has 0 saturated carbocycles. The van der Waals surface area contributed by atoms with Crippen LogP contribution in [0.3, 0.4) is 0 Å². The molecule has 1 aliphatic rings. The van der Waals surface area contributed by atoms with Gasteiger partial charge in [-0.05, 0) is 6.42 Å². The molecule has 0 bridgehead atoms. The Labute approximate surface area is 192 Å². The van der Waals surface area contributed by atoms with Crippen molar-refractivity contribution in [1.29, 1.82) is 0 Å². The monoisotopic (exact) mass is 489 g/mol. The normalized spacial score (nSPS) is 18.4. The third kappa shape index (κ3) is 8.72. The maximum atomic E-state index is 12.5. The summed E-state index contributed by atoms with van der Waals surface area (Å²) in [6.07, 6.45) is -0.446. The zero-order valence-corrected chi connectivity index (χ0v) is 17.9. The van der Waals surface area contributed by atoms with Gasteiger partial charge in [-0.2, -0.15) is 0 Å².